The molecule has 24 heavy (non-hydrogen) atoms. The minimum absolute atomic E-state index is 0.106. The lowest BCUT2D eigenvalue weighted by Crippen LogP contribution is -2.39. The van der Waals surface area contributed by atoms with Crippen LogP contribution in [0.1, 0.15) is 33.9 Å². The molecule has 3 rings (SSSR count). The van der Waals surface area contributed by atoms with Gasteiger partial charge in [0.15, 0.2) is 11.5 Å². The maximum atomic E-state index is 12.1. The lowest BCUT2D eigenvalue weighted by molar-refractivity contribution is 0.0948. The van der Waals surface area contributed by atoms with Crippen LogP contribution in [0.2, 0.25) is 0 Å². The van der Waals surface area contributed by atoms with Crippen LogP contribution in [-0.4, -0.2) is 45.1 Å². The molecule has 0 unspecified atom stereocenters. The number of hydrogen-bond acceptors (Lipinski definition) is 8. The predicted molar refractivity (Wildman–Crippen MR) is 88.7 cm³/mol. The molecule has 0 saturated carbocycles. The van der Waals surface area contributed by atoms with Crippen molar-refractivity contribution in [1.29, 1.82) is 5.26 Å². The summed E-state index contributed by atoms with van der Waals surface area (Å²) in [5.74, 6) is 0.952. The van der Waals surface area contributed by atoms with E-state index in [1.807, 2.05) is 0 Å². The Morgan fingerprint density at radius 3 is 2.83 bits per heavy atom. The lowest BCUT2D eigenvalue weighted by Gasteiger charge is -2.32. The number of amides is 1. The summed E-state index contributed by atoms with van der Waals surface area (Å²) in [5, 5.41) is 15.9. The van der Waals surface area contributed by atoms with Gasteiger partial charge in [0.2, 0.25) is 0 Å². The molecule has 9 heteroatoms. The van der Waals surface area contributed by atoms with E-state index in [1.54, 1.807) is 13.1 Å². The van der Waals surface area contributed by atoms with Gasteiger partial charge in [0.25, 0.3) is 5.91 Å². The van der Waals surface area contributed by atoms with E-state index in [0.29, 0.717) is 34.5 Å². The summed E-state index contributed by atoms with van der Waals surface area (Å²) in [4.78, 5) is 23.1. The zero-order valence-electron chi connectivity index (χ0n) is 13.3. The standard InChI is InChI=1S/C15H17N7OS/c1-10-13(24-21-20-10)15(23)19-9-11-2-6-22(7-3-11)14-12(8-16)17-4-5-18-14/h4-5,11H,2-3,6-7,9H2,1H3,(H,19,23). The molecular weight excluding hydrogens is 326 g/mol. The summed E-state index contributed by atoms with van der Waals surface area (Å²) in [7, 11) is 0. The molecule has 1 saturated heterocycles. The molecule has 2 aromatic heterocycles. The van der Waals surface area contributed by atoms with Crippen molar-refractivity contribution in [1.82, 2.24) is 24.9 Å². The third-order valence-corrected chi connectivity index (χ3v) is 4.93. The van der Waals surface area contributed by atoms with Crippen molar-refractivity contribution in [2.45, 2.75) is 19.8 Å². The molecule has 1 N–H and O–H groups in total. The molecule has 0 aliphatic carbocycles. The Hall–Kier alpha value is -2.60. The van der Waals surface area contributed by atoms with E-state index in [0.717, 1.165) is 37.5 Å². The van der Waals surface area contributed by atoms with Crippen LogP contribution in [0, 0.1) is 24.2 Å². The maximum absolute atomic E-state index is 12.1. The Balaban J connectivity index is 1.52. The predicted octanol–water partition coefficient (Wildman–Crippen LogP) is 1.15. The van der Waals surface area contributed by atoms with Gasteiger partial charge in [-0.05, 0) is 37.2 Å². The number of anilines is 1. The molecule has 0 aromatic carbocycles. The van der Waals surface area contributed by atoms with E-state index in [4.69, 9.17) is 5.26 Å². The monoisotopic (exact) mass is 343 g/mol. The van der Waals surface area contributed by atoms with Crippen LogP contribution in [0.25, 0.3) is 0 Å². The van der Waals surface area contributed by atoms with E-state index in [9.17, 15) is 4.79 Å². The molecule has 124 valence electrons. The largest absolute Gasteiger partial charge is 0.354 e. The van der Waals surface area contributed by atoms with Crippen LogP contribution >= 0.6 is 11.5 Å². The lowest BCUT2D eigenvalue weighted by atomic mass is 9.96. The van der Waals surface area contributed by atoms with Gasteiger partial charge in [-0.25, -0.2) is 9.97 Å². The van der Waals surface area contributed by atoms with Crippen molar-refractivity contribution in [2.75, 3.05) is 24.5 Å². The number of nitriles is 1. The second-order valence-electron chi connectivity index (χ2n) is 5.67. The van der Waals surface area contributed by atoms with Crippen LogP contribution in [0.5, 0.6) is 0 Å². The first-order valence-electron chi connectivity index (χ1n) is 7.72. The van der Waals surface area contributed by atoms with E-state index in [1.165, 1.54) is 6.20 Å². The van der Waals surface area contributed by atoms with Gasteiger partial charge < -0.3 is 10.2 Å². The summed E-state index contributed by atoms with van der Waals surface area (Å²) in [6.45, 7) is 4.02. The maximum Gasteiger partial charge on any atom is 0.264 e. The van der Waals surface area contributed by atoms with Gasteiger partial charge >= 0.3 is 0 Å². The zero-order chi connectivity index (χ0) is 16.9. The molecule has 0 radical (unpaired) electrons. The Labute approximate surface area is 143 Å². The van der Waals surface area contributed by atoms with Gasteiger partial charge in [0.05, 0.1) is 5.69 Å². The number of aromatic nitrogens is 4. The Morgan fingerprint density at radius 2 is 2.17 bits per heavy atom. The van der Waals surface area contributed by atoms with E-state index in [2.05, 4.69) is 35.8 Å². The van der Waals surface area contributed by atoms with Gasteiger partial charge in [-0.3, -0.25) is 4.79 Å². The first-order valence-corrected chi connectivity index (χ1v) is 8.49. The zero-order valence-corrected chi connectivity index (χ0v) is 14.1. The Morgan fingerprint density at radius 1 is 1.42 bits per heavy atom. The third kappa shape index (κ3) is 3.49. The number of rotatable bonds is 4. The van der Waals surface area contributed by atoms with Crippen molar-refractivity contribution in [3.63, 3.8) is 0 Å². The van der Waals surface area contributed by atoms with E-state index >= 15 is 0 Å². The molecule has 2 aromatic rings. The van der Waals surface area contributed by atoms with Crippen LogP contribution in [0.3, 0.4) is 0 Å². The Bertz CT molecular complexity index is 761. The minimum Gasteiger partial charge on any atom is -0.354 e. The van der Waals surface area contributed by atoms with E-state index in [-0.39, 0.29) is 5.91 Å². The fourth-order valence-corrected chi connectivity index (χ4v) is 3.32. The summed E-state index contributed by atoms with van der Waals surface area (Å²) in [6.07, 6.45) is 5.00. The number of nitrogens with zero attached hydrogens (tertiary/aromatic N) is 6. The van der Waals surface area contributed by atoms with E-state index < -0.39 is 0 Å². The summed E-state index contributed by atoms with van der Waals surface area (Å²) >= 11 is 1.12. The number of carbonyl (C=O) groups is 1. The van der Waals surface area contributed by atoms with Crippen molar-refractivity contribution in [2.24, 2.45) is 5.92 Å². The van der Waals surface area contributed by atoms with Crippen LogP contribution < -0.4 is 10.2 Å². The first kappa shape index (κ1) is 16.3. The highest BCUT2D eigenvalue weighted by atomic mass is 32.1. The van der Waals surface area contributed by atoms with Crippen LogP contribution in [-0.2, 0) is 0 Å². The summed E-state index contributed by atoms with van der Waals surface area (Å²) < 4.78 is 3.78. The second-order valence-corrected chi connectivity index (χ2v) is 6.42. The molecule has 1 amide bonds. The van der Waals surface area contributed by atoms with Crippen molar-refractivity contribution in [3.8, 4) is 6.07 Å². The van der Waals surface area contributed by atoms with Crippen molar-refractivity contribution >= 4 is 23.3 Å². The summed E-state index contributed by atoms with van der Waals surface area (Å²) in [6, 6.07) is 2.08. The quantitative estimate of drug-likeness (QED) is 0.887. The highest BCUT2D eigenvalue weighted by Crippen LogP contribution is 2.23. The third-order valence-electron chi connectivity index (χ3n) is 4.11. The molecule has 0 atom stereocenters. The molecule has 3 heterocycles. The van der Waals surface area contributed by atoms with Gasteiger partial charge in [-0.15, -0.1) is 5.10 Å². The molecule has 1 aliphatic heterocycles. The van der Waals surface area contributed by atoms with Gasteiger partial charge in [-0.1, -0.05) is 4.49 Å². The molecule has 1 fully saturated rings. The first-order chi connectivity index (χ1) is 11.7. The van der Waals surface area contributed by atoms with Crippen LogP contribution in [0.15, 0.2) is 12.4 Å². The molecule has 0 bridgehead atoms. The SMILES string of the molecule is Cc1nnsc1C(=O)NCC1CCN(c2nccnc2C#N)CC1. The fourth-order valence-electron chi connectivity index (χ4n) is 2.75. The van der Waals surface area contributed by atoms with Gasteiger partial charge in [0.1, 0.15) is 10.9 Å². The Kier molecular flexibility index (Phi) is 4.96. The number of nitrogens with one attached hydrogen (secondary N) is 1. The number of hydrogen-bond donors (Lipinski definition) is 1. The topological polar surface area (TPSA) is 108 Å². The van der Waals surface area contributed by atoms with Crippen molar-refractivity contribution < 1.29 is 4.79 Å². The fraction of sp³-hybridized carbons (Fsp3) is 0.467. The minimum atomic E-state index is -0.106. The molecular formula is C15H17N7OS. The average molecular weight is 343 g/mol. The normalized spacial score (nSPS) is 15.1. The van der Waals surface area contributed by atoms with Crippen LogP contribution in [0.4, 0.5) is 5.82 Å². The highest BCUT2D eigenvalue weighted by Gasteiger charge is 2.23. The smallest absolute Gasteiger partial charge is 0.264 e. The second kappa shape index (κ2) is 7.31. The highest BCUT2D eigenvalue weighted by molar-refractivity contribution is 7.07. The molecule has 8 nitrogen and oxygen atoms in total. The summed E-state index contributed by atoms with van der Waals surface area (Å²) in [5.41, 5.74) is 1.02. The number of aryl methyl sites for hydroxylation is 1. The average Bonchev–Trinajstić information content (AvgIpc) is 3.06. The number of carbonyl (C=O) groups excluding carboxylic acids is 1. The van der Waals surface area contributed by atoms with Gasteiger partial charge in [0, 0.05) is 32.0 Å². The number of piperidine rings is 1. The molecule has 0 spiro atoms. The van der Waals surface area contributed by atoms with Gasteiger partial charge in [-0.2, -0.15) is 5.26 Å². The van der Waals surface area contributed by atoms with Crippen molar-refractivity contribution in [3.05, 3.63) is 28.7 Å². The molecule has 1 aliphatic rings.